The van der Waals surface area contributed by atoms with Crippen molar-refractivity contribution in [1.29, 1.82) is 0 Å². The maximum Gasteiger partial charge on any atom is 0.325 e. The number of rotatable bonds is 7. The molecule has 0 aliphatic carbocycles. The fraction of sp³-hybridized carbons (Fsp3) is 0.538. The summed E-state index contributed by atoms with van der Waals surface area (Å²) in [6, 6.07) is 2.35. The molecule has 0 aliphatic heterocycles. The van der Waals surface area contributed by atoms with Gasteiger partial charge in [-0.15, -0.1) is 0 Å². The fourth-order valence-corrected chi connectivity index (χ4v) is 1.58. The Balaban J connectivity index is 2.63. The number of hydrogen-bond donors (Lipinski definition) is 2. The van der Waals surface area contributed by atoms with Crippen LogP contribution >= 0.6 is 0 Å². The SMILES string of the molecule is CCN(CC)Cc1ccc(C(=O)NC(C)C(=O)O)o1. The van der Waals surface area contributed by atoms with E-state index < -0.39 is 17.9 Å². The molecule has 1 heterocycles. The van der Waals surface area contributed by atoms with Gasteiger partial charge in [0.2, 0.25) is 0 Å². The third-order valence-corrected chi connectivity index (χ3v) is 2.88. The monoisotopic (exact) mass is 268 g/mol. The number of aliphatic carboxylic acids is 1. The molecule has 1 aromatic rings. The van der Waals surface area contributed by atoms with Crippen LogP contribution < -0.4 is 5.32 Å². The van der Waals surface area contributed by atoms with Crippen LogP contribution in [0.1, 0.15) is 37.1 Å². The molecule has 0 aliphatic rings. The van der Waals surface area contributed by atoms with E-state index in [0.717, 1.165) is 13.1 Å². The normalized spacial score (nSPS) is 12.4. The largest absolute Gasteiger partial charge is 0.480 e. The maximum absolute atomic E-state index is 11.7. The lowest BCUT2D eigenvalue weighted by Crippen LogP contribution is -2.38. The molecule has 1 rings (SSSR count). The number of carbonyl (C=O) groups excluding carboxylic acids is 1. The topological polar surface area (TPSA) is 82.8 Å². The molecular formula is C13H20N2O4. The van der Waals surface area contributed by atoms with Gasteiger partial charge in [0, 0.05) is 0 Å². The summed E-state index contributed by atoms with van der Waals surface area (Å²) < 4.78 is 5.41. The van der Waals surface area contributed by atoms with E-state index in [9.17, 15) is 9.59 Å². The second-order valence-electron chi connectivity index (χ2n) is 4.26. The molecule has 0 aromatic carbocycles. The van der Waals surface area contributed by atoms with Gasteiger partial charge in [-0.3, -0.25) is 14.5 Å². The van der Waals surface area contributed by atoms with E-state index in [1.807, 2.05) is 0 Å². The summed E-state index contributed by atoms with van der Waals surface area (Å²) in [6.45, 7) is 7.93. The molecule has 1 aromatic heterocycles. The predicted molar refractivity (Wildman–Crippen MR) is 69.9 cm³/mol. The van der Waals surface area contributed by atoms with Gasteiger partial charge in [-0.25, -0.2) is 0 Å². The van der Waals surface area contributed by atoms with Crippen molar-refractivity contribution in [3.05, 3.63) is 23.7 Å². The first-order chi connectivity index (χ1) is 8.97. The average Bonchev–Trinajstić information content (AvgIpc) is 2.84. The zero-order valence-electron chi connectivity index (χ0n) is 11.5. The van der Waals surface area contributed by atoms with Crippen LogP contribution in [0.3, 0.4) is 0 Å². The van der Waals surface area contributed by atoms with E-state index in [2.05, 4.69) is 24.1 Å². The quantitative estimate of drug-likeness (QED) is 0.779. The van der Waals surface area contributed by atoms with Gasteiger partial charge in [-0.1, -0.05) is 13.8 Å². The highest BCUT2D eigenvalue weighted by Crippen LogP contribution is 2.10. The molecule has 19 heavy (non-hydrogen) atoms. The number of hydrogen-bond acceptors (Lipinski definition) is 4. The van der Waals surface area contributed by atoms with Crippen LogP contribution in [0.15, 0.2) is 16.5 Å². The van der Waals surface area contributed by atoms with Crippen LogP contribution in [-0.4, -0.2) is 41.0 Å². The van der Waals surface area contributed by atoms with Gasteiger partial charge in [-0.05, 0) is 32.1 Å². The Morgan fingerprint density at radius 3 is 2.53 bits per heavy atom. The first-order valence-electron chi connectivity index (χ1n) is 6.32. The molecule has 0 saturated heterocycles. The lowest BCUT2D eigenvalue weighted by Gasteiger charge is -2.15. The van der Waals surface area contributed by atoms with Crippen LogP contribution in [0.4, 0.5) is 0 Å². The first-order valence-corrected chi connectivity index (χ1v) is 6.32. The molecule has 1 unspecified atom stereocenters. The van der Waals surface area contributed by atoms with Crippen molar-refractivity contribution >= 4 is 11.9 Å². The molecule has 0 fully saturated rings. The number of nitrogens with zero attached hydrogens (tertiary/aromatic N) is 1. The smallest absolute Gasteiger partial charge is 0.325 e. The van der Waals surface area contributed by atoms with E-state index in [1.165, 1.54) is 6.92 Å². The zero-order valence-corrected chi connectivity index (χ0v) is 11.5. The van der Waals surface area contributed by atoms with Gasteiger partial charge in [0.05, 0.1) is 6.54 Å². The number of furan rings is 1. The van der Waals surface area contributed by atoms with Crippen molar-refractivity contribution in [1.82, 2.24) is 10.2 Å². The second kappa shape index (κ2) is 6.94. The van der Waals surface area contributed by atoms with E-state index >= 15 is 0 Å². The molecule has 0 spiro atoms. The lowest BCUT2D eigenvalue weighted by molar-refractivity contribution is -0.138. The average molecular weight is 268 g/mol. The Morgan fingerprint density at radius 2 is 2.00 bits per heavy atom. The van der Waals surface area contributed by atoms with E-state index in [-0.39, 0.29) is 5.76 Å². The van der Waals surface area contributed by atoms with E-state index in [1.54, 1.807) is 12.1 Å². The summed E-state index contributed by atoms with van der Waals surface area (Å²) in [4.78, 5) is 24.5. The lowest BCUT2D eigenvalue weighted by atomic mass is 10.3. The third-order valence-electron chi connectivity index (χ3n) is 2.88. The number of carboxylic acids is 1. The standard InChI is InChI=1S/C13H20N2O4/c1-4-15(5-2)8-10-6-7-11(19-10)12(16)14-9(3)13(17)18/h6-7,9H,4-5,8H2,1-3H3,(H,14,16)(H,17,18). The van der Waals surface area contributed by atoms with Gasteiger partial charge in [0.15, 0.2) is 5.76 Å². The van der Waals surface area contributed by atoms with E-state index in [4.69, 9.17) is 9.52 Å². The zero-order chi connectivity index (χ0) is 14.4. The minimum absolute atomic E-state index is 0.134. The summed E-state index contributed by atoms with van der Waals surface area (Å²) in [5.74, 6) is -0.768. The summed E-state index contributed by atoms with van der Waals surface area (Å²) in [7, 11) is 0. The highest BCUT2D eigenvalue weighted by molar-refractivity contribution is 5.94. The van der Waals surface area contributed by atoms with Gasteiger partial charge in [-0.2, -0.15) is 0 Å². The first kappa shape index (κ1) is 15.2. The fourth-order valence-electron chi connectivity index (χ4n) is 1.58. The summed E-state index contributed by atoms with van der Waals surface area (Å²) in [5, 5.41) is 11.1. The van der Waals surface area contributed by atoms with Crippen LogP contribution in [0.5, 0.6) is 0 Å². The Morgan fingerprint density at radius 1 is 1.37 bits per heavy atom. The molecule has 0 radical (unpaired) electrons. The van der Waals surface area contributed by atoms with Crippen LogP contribution in [0.2, 0.25) is 0 Å². The third kappa shape index (κ3) is 4.40. The molecule has 6 nitrogen and oxygen atoms in total. The maximum atomic E-state index is 11.7. The molecular weight excluding hydrogens is 248 g/mol. The van der Waals surface area contributed by atoms with Crippen molar-refractivity contribution in [2.24, 2.45) is 0 Å². The van der Waals surface area contributed by atoms with Crippen LogP contribution in [0, 0.1) is 0 Å². The Bertz CT molecular complexity index is 438. The minimum Gasteiger partial charge on any atom is -0.480 e. The highest BCUT2D eigenvalue weighted by atomic mass is 16.4. The Hall–Kier alpha value is -1.82. The molecule has 6 heteroatoms. The van der Waals surface area contributed by atoms with E-state index in [0.29, 0.717) is 12.3 Å². The molecule has 1 atom stereocenters. The summed E-state index contributed by atoms with van der Waals surface area (Å²) in [5.41, 5.74) is 0. The summed E-state index contributed by atoms with van der Waals surface area (Å²) >= 11 is 0. The minimum atomic E-state index is -1.08. The number of nitrogens with one attached hydrogen (secondary N) is 1. The van der Waals surface area contributed by atoms with Gasteiger partial charge in [0.1, 0.15) is 11.8 Å². The van der Waals surface area contributed by atoms with Crippen LogP contribution in [-0.2, 0) is 11.3 Å². The molecule has 1 amide bonds. The van der Waals surface area contributed by atoms with Crippen molar-refractivity contribution in [2.75, 3.05) is 13.1 Å². The Kier molecular flexibility index (Phi) is 5.57. The van der Waals surface area contributed by atoms with Crippen LogP contribution in [0.25, 0.3) is 0 Å². The van der Waals surface area contributed by atoms with Crippen molar-refractivity contribution < 1.29 is 19.1 Å². The predicted octanol–water partition coefficient (Wildman–Crippen LogP) is 1.32. The second-order valence-corrected chi connectivity index (χ2v) is 4.26. The highest BCUT2D eigenvalue weighted by Gasteiger charge is 2.18. The van der Waals surface area contributed by atoms with Gasteiger partial charge in [0.25, 0.3) is 5.91 Å². The Labute approximate surface area is 112 Å². The molecule has 0 saturated carbocycles. The number of carbonyl (C=O) groups is 2. The summed E-state index contributed by atoms with van der Waals surface area (Å²) in [6.07, 6.45) is 0. The number of carboxylic acid groups (broad SMARTS) is 1. The number of amides is 1. The van der Waals surface area contributed by atoms with Gasteiger partial charge < -0.3 is 14.8 Å². The van der Waals surface area contributed by atoms with Crippen molar-refractivity contribution in [3.8, 4) is 0 Å². The molecule has 2 N–H and O–H groups in total. The van der Waals surface area contributed by atoms with Gasteiger partial charge >= 0.3 is 5.97 Å². The molecule has 106 valence electrons. The molecule has 0 bridgehead atoms. The van der Waals surface area contributed by atoms with Crippen molar-refractivity contribution in [2.45, 2.75) is 33.4 Å². The van der Waals surface area contributed by atoms with Crippen molar-refractivity contribution in [3.63, 3.8) is 0 Å².